The lowest BCUT2D eigenvalue weighted by atomic mass is 9.72. The van der Waals surface area contributed by atoms with Crippen molar-refractivity contribution in [3.8, 4) is 45.5 Å². The third kappa shape index (κ3) is 3.07. The molecule has 11 nitrogen and oxygen atoms in total. The van der Waals surface area contributed by atoms with Gasteiger partial charge in [0.25, 0.3) is 0 Å². The summed E-state index contributed by atoms with van der Waals surface area (Å²) in [6.45, 7) is 4.00. The SMILES string of the molecule is CC(C)[C@@H]1NC(=O)[C@@H](N)Cc2ccc3c(c2)[C@]24c5cccc(c5NC2O3)-c2ccc(O)c3[nH]cc(c23)-c2cnc(o2)-c2nc1oc24. The van der Waals surface area contributed by atoms with Gasteiger partial charge < -0.3 is 40.0 Å². The summed E-state index contributed by atoms with van der Waals surface area (Å²) >= 11 is 0. The van der Waals surface area contributed by atoms with E-state index in [0.29, 0.717) is 40.8 Å². The van der Waals surface area contributed by atoms with Crippen molar-refractivity contribution in [1.29, 1.82) is 0 Å². The number of para-hydroxylation sites is 1. The molecule has 10 rings (SSSR count). The average molecular weight is 613 g/mol. The highest BCUT2D eigenvalue weighted by Crippen LogP contribution is 2.61. The molecule has 3 aromatic heterocycles. The van der Waals surface area contributed by atoms with Gasteiger partial charge in [0.2, 0.25) is 17.7 Å². The first-order chi connectivity index (χ1) is 22.3. The van der Waals surface area contributed by atoms with Crippen molar-refractivity contribution < 1.29 is 23.5 Å². The zero-order valence-corrected chi connectivity index (χ0v) is 24.8. The molecule has 0 saturated carbocycles. The van der Waals surface area contributed by atoms with Crippen molar-refractivity contribution in [2.45, 2.75) is 44.0 Å². The number of nitrogens with two attached hydrogens (primary N) is 1. The molecule has 4 atom stereocenters. The minimum absolute atomic E-state index is 0.0712. The Hall–Kier alpha value is -5.55. The number of phenols is 1. The molecule has 1 spiro atoms. The monoisotopic (exact) mass is 612 g/mol. The molecule has 0 fully saturated rings. The van der Waals surface area contributed by atoms with Crippen LogP contribution in [0.4, 0.5) is 5.69 Å². The average Bonchev–Trinajstić information content (AvgIpc) is 3.85. The van der Waals surface area contributed by atoms with Gasteiger partial charge in [0, 0.05) is 39.5 Å². The summed E-state index contributed by atoms with van der Waals surface area (Å²) in [5.41, 5.74) is 12.7. The van der Waals surface area contributed by atoms with Crippen LogP contribution < -0.4 is 21.1 Å². The van der Waals surface area contributed by atoms with E-state index >= 15 is 0 Å². The van der Waals surface area contributed by atoms with Gasteiger partial charge in [-0.05, 0) is 41.7 Å². The Morgan fingerprint density at radius 3 is 2.80 bits per heavy atom. The van der Waals surface area contributed by atoms with Crippen molar-refractivity contribution in [3.05, 3.63) is 89.3 Å². The second-order valence-corrected chi connectivity index (χ2v) is 12.9. The first-order valence-electron chi connectivity index (χ1n) is 15.4. The highest BCUT2D eigenvalue weighted by atomic mass is 16.5. The Morgan fingerprint density at radius 1 is 1.04 bits per heavy atom. The lowest BCUT2D eigenvalue weighted by Gasteiger charge is -2.28. The van der Waals surface area contributed by atoms with Crippen molar-refractivity contribution in [3.63, 3.8) is 0 Å². The Balaban J connectivity index is 1.39. The molecule has 0 saturated heterocycles. The number of aromatic hydroxyl groups is 1. The van der Waals surface area contributed by atoms with Crippen LogP contribution in [0, 0.1) is 5.92 Å². The molecule has 1 amide bonds. The number of nitrogens with zero attached hydrogens (tertiary/aromatic N) is 2. The van der Waals surface area contributed by atoms with Crippen LogP contribution in [0.1, 0.15) is 48.2 Å². The highest BCUT2D eigenvalue weighted by molar-refractivity contribution is 6.09. The van der Waals surface area contributed by atoms with Gasteiger partial charge in [-0.1, -0.05) is 44.2 Å². The van der Waals surface area contributed by atoms with Gasteiger partial charge in [0.1, 0.15) is 23.0 Å². The van der Waals surface area contributed by atoms with E-state index in [9.17, 15) is 9.90 Å². The number of hydrogen-bond acceptors (Lipinski definition) is 9. The summed E-state index contributed by atoms with van der Waals surface area (Å²) in [4.78, 5) is 26.4. The molecule has 11 heteroatoms. The summed E-state index contributed by atoms with van der Waals surface area (Å²) in [5.74, 6) is 2.07. The third-order valence-electron chi connectivity index (χ3n) is 9.97. The predicted octanol–water partition coefficient (Wildman–Crippen LogP) is 5.34. The Morgan fingerprint density at radius 2 is 1.93 bits per heavy atom. The van der Waals surface area contributed by atoms with Crippen LogP contribution in [0.3, 0.4) is 0 Å². The zero-order chi connectivity index (χ0) is 31.1. The summed E-state index contributed by atoms with van der Waals surface area (Å²) in [6.07, 6.45) is 3.22. The van der Waals surface area contributed by atoms with E-state index in [1.54, 1.807) is 12.3 Å². The maximum atomic E-state index is 13.4. The van der Waals surface area contributed by atoms with Gasteiger partial charge in [-0.15, -0.1) is 0 Å². The lowest BCUT2D eigenvalue weighted by Crippen LogP contribution is -2.45. The van der Waals surface area contributed by atoms with E-state index in [2.05, 4.69) is 33.8 Å². The molecule has 6 N–H and O–H groups in total. The molecule has 0 aliphatic carbocycles. The highest BCUT2D eigenvalue weighted by Gasteiger charge is 2.61. The van der Waals surface area contributed by atoms with Gasteiger partial charge in [-0.3, -0.25) is 4.79 Å². The molecule has 228 valence electrons. The van der Waals surface area contributed by atoms with Crippen molar-refractivity contribution in [1.82, 2.24) is 20.3 Å². The molecule has 6 aromatic rings. The van der Waals surface area contributed by atoms with Crippen LogP contribution in [-0.4, -0.2) is 38.2 Å². The fourth-order valence-electron chi connectivity index (χ4n) is 7.81. The van der Waals surface area contributed by atoms with E-state index in [0.717, 1.165) is 44.5 Å². The largest absolute Gasteiger partial charge is 0.506 e. The normalized spacial score (nSPS) is 23.3. The molecule has 46 heavy (non-hydrogen) atoms. The number of benzene rings is 3. The van der Waals surface area contributed by atoms with E-state index in [1.807, 2.05) is 44.3 Å². The third-order valence-corrected chi connectivity index (χ3v) is 9.97. The number of phenolic OH excluding ortho intramolecular Hbond substituents is 1. The van der Waals surface area contributed by atoms with Crippen molar-refractivity contribution in [2.24, 2.45) is 11.7 Å². The first-order valence-corrected chi connectivity index (χ1v) is 15.4. The van der Waals surface area contributed by atoms with Crippen LogP contribution in [0.25, 0.3) is 44.9 Å². The van der Waals surface area contributed by atoms with Gasteiger partial charge in [0.15, 0.2) is 23.4 Å². The van der Waals surface area contributed by atoms with Gasteiger partial charge in [-0.25, -0.2) is 9.97 Å². The minimum Gasteiger partial charge on any atom is -0.506 e. The maximum Gasteiger partial charge on any atom is 0.249 e. The van der Waals surface area contributed by atoms with Crippen molar-refractivity contribution >= 4 is 22.5 Å². The number of nitrogens with one attached hydrogen (secondary N) is 3. The van der Waals surface area contributed by atoms with Gasteiger partial charge >= 0.3 is 0 Å². The summed E-state index contributed by atoms with van der Waals surface area (Å²) in [6, 6.07) is 14.4. The molecule has 7 heterocycles. The molecule has 4 aliphatic rings. The zero-order valence-electron chi connectivity index (χ0n) is 24.8. The number of carbonyl (C=O) groups is 1. The second kappa shape index (κ2) is 8.58. The maximum absolute atomic E-state index is 13.4. The molecule has 10 bridgehead atoms. The van der Waals surface area contributed by atoms with E-state index in [-0.39, 0.29) is 23.5 Å². The molecular weight excluding hydrogens is 584 g/mol. The smallest absolute Gasteiger partial charge is 0.249 e. The molecule has 1 unspecified atom stereocenters. The minimum atomic E-state index is -1.00. The van der Waals surface area contributed by atoms with E-state index in [4.69, 9.17) is 29.3 Å². The first kappa shape index (κ1) is 25.7. The molecule has 4 aliphatic heterocycles. The fraction of sp³-hybridized carbons (Fsp3) is 0.229. The van der Waals surface area contributed by atoms with Crippen LogP contribution in [-0.2, 0) is 16.6 Å². The van der Waals surface area contributed by atoms with Gasteiger partial charge in [0.05, 0.1) is 17.8 Å². The van der Waals surface area contributed by atoms with Crippen molar-refractivity contribution in [2.75, 3.05) is 5.32 Å². The Bertz CT molecular complexity index is 2300. The number of aromatic nitrogens is 3. The summed E-state index contributed by atoms with van der Waals surface area (Å²) in [5, 5.41) is 18.5. The number of fused-ring (bicyclic) bond motifs is 7. The molecule has 3 aromatic carbocycles. The standard InChI is InChI=1S/C35H28N6O5/c1-14(2)26-33-40-29-30(46-33)35-19-5-3-4-17(16-7-8-22(42)28-25(16)18(12-37-28)24-13-38-32(29)44-24)27(19)41-34(35)45-23-9-6-15(10-20(23)35)11-21(36)31(43)39-26/h3-10,12-14,21,26,34,37,41-42H,11,36H2,1-2H3,(H,39,43)/t21-,26-,34?,35-/m0/s1. The summed E-state index contributed by atoms with van der Waals surface area (Å²) < 4.78 is 20.2. The van der Waals surface area contributed by atoms with E-state index < -0.39 is 23.7 Å². The topological polar surface area (TPSA) is 164 Å². The number of anilines is 1. The number of H-pyrrole nitrogens is 1. The van der Waals surface area contributed by atoms with Crippen LogP contribution in [0.2, 0.25) is 0 Å². The second-order valence-electron chi connectivity index (χ2n) is 12.9. The Kier molecular flexibility index (Phi) is 4.80. The van der Waals surface area contributed by atoms with Crippen LogP contribution in [0.5, 0.6) is 11.5 Å². The number of rotatable bonds is 1. The van der Waals surface area contributed by atoms with E-state index in [1.165, 1.54) is 0 Å². The number of carbonyl (C=O) groups excluding carboxylic acids is 1. The number of amides is 1. The van der Waals surface area contributed by atoms with Crippen LogP contribution >= 0.6 is 0 Å². The van der Waals surface area contributed by atoms with Crippen LogP contribution in [0.15, 0.2) is 69.8 Å². The van der Waals surface area contributed by atoms with Gasteiger partial charge in [-0.2, -0.15) is 0 Å². The molecule has 0 radical (unpaired) electrons. The quantitative estimate of drug-likeness (QED) is 0.165. The molecular formula is C35H28N6O5. The lowest BCUT2D eigenvalue weighted by molar-refractivity contribution is -0.123. The fourth-order valence-corrected chi connectivity index (χ4v) is 7.81. The number of hydrogen-bond donors (Lipinski definition) is 5. The predicted molar refractivity (Wildman–Crippen MR) is 168 cm³/mol. The Labute approximate surface area is 261 Å². The number of aromatic amines is 1. The number of ether oxygens (including phenoxy) is 1. The number of oxazole rings is 2. The summed E-state index contributed by atoms with van der Waals surface area (Å²) in [7, 11) is 0.